The number of nitrogens with zero attached hydrogens (tertiary/aromatic N) is 4. The summed E-state index contributed by atoms with van der Waals surface area (Å²) in [5.74, 6) is -1.92. The minimum absolute atomic E-state index is 0.0583. The zero-order chi connectivity index (χ0) is 30.6. The molecule has 0 spiro atoms. The summed E-state index contributed by atoms with van der Waals surface area (Å²) >= 11 is 0. The van der Waals surface area contributed by atoms with Crippen LogP contribution < -0.4 is 10.6 Å². The summed E-state index contributed by atoms with van der Waals surface area (Å²) in [5.41, 5.74) is 1.77. The van der Waals surface area contributed by atoms with Gasteiger partial charge in [-0.3, -0.25) is 29.0 Å². The molecule has 12 nitrogen and oxygen atoms in total. The standard InChI is InChI=1S/C30H42N6O6/c1-33(2)11-7-13-35-27(39)19-17-22(32-10-6-16-38)26-24-20(28(40)36(30(26)42)14-8-12-34(3)4)18-21(31-9-5-15-37)25(23(19)24)29(35)41/h17-18,31-32,37-38H,5-16H2,1-4H3. The molecule has 4 N–H and O–H groups in total. The van der Waals surface area contributed by atoms with Crippen LogP contribution in [0.2, 0.25) is 0 Å². The largest absolute Gasteiger partial charge is 0.396 e. The second-order valence-electron chi connectivity index (χ2n) is 11.3. The number of carbonyl (C=O) groups is 4. The monoisotopic (exact) mass is 582 g/mol. The first-order chi connectivity index (χ1) is 20.1. The topological polar surface area (TPSA) is 146 Å². The Balaban J connectivity index is 1.94. The first kappa shape index (κ1) is 31.4. The van der Waals surface area contributed by atoms with Crippen LogP contribution in [0.15, 0.2) is 12.1 Å². The van der Waals surface area contributed by atoms with E-state index in [1.165, 1.54) is 9.80 Å². The summed E-state index contributed by atoms with van der Waals surface area (Å²) in [6, 6.07) is 3.22. The second-order valence-corrected chi connectivity index (χ2v) is 11.3. The maximum absolute atomic E-state index is 14.0. The van der Waals surface area contributed by atoms with E-state index in [4.69, 9.17) is 0 Å². The minimum Gasteiger partial charge on any atom is -0.396 e. The van der Waals surface area contributed by atoms with Gasteiger partial charge in [-0.25, -0.2) is 0 Å². The molecule has 42 heavy (non-hydrogen) atoms. The van der Waals surface area contributed by atoms with Crippen LogP contribution >= 0.6 is 0 Å². The van der Waals surface area contributed by atoms with E-state index in [1.54, 1.807) is 12.1 Å². The van der Waals surface area contributed by atoms with Crippen LogP contribution in [0.25, 0.3) is 10.8 Å². The lowest BCUT2D eigenvalue weighted by atomic mass is 9.83. The van der Waals surface area contributed by atoms with Crippen molar-refractivity contribution in [3.63, 3.8) is 0 Å². The van der Waals surface area contributed by atoms with Crippen molar-refractivity contribution in [2.24, 2.45) is 0 Å². The molecule has 0 radical (unpaired) electrons. The lowest BCUT2D eigenvalue weighted by molar-refractivity contribution is 0.0585. The van der Waals surface area contributed by atoms with Crippen molar-refractivity contribution in [3.8, 4) is 0 Å². The summed E-state index contributed by atoms with van der Waals surface area (Å²) < 4.78 is 0. The number of carbonyl (C=O) groups excluding carboxylic acids is 4. The molecule has 2 aromatic carbocycles. The average molecular weight is 583 g/mol. The van der Waals surface area contributed by atoms with Gasteiger partial charge in [0.1, 0.15) is 0 Å². The van der Waals surface area contributed by atoms with Crippen LogP contribution in [0.4, 0.5) is 11.4 Å². The predicted octanol–water partition coefficient (Wildman–Crippen LogP) is 1.52. The molecule has 2 heterocycles. The van der Waals surface area contributed by atoms with Gasteiger partial charge < -0.3 is 30.6 Å². The normalized spacial score (nSPS) is 14.7. The van der Waals surface area contributed by atoms with Gasteiger partial charge in [0.25, 0.3) is 23.6 Å². The SMILES string of the molecule is CN(C)CCCN1C(=O)c2cc(NCCCO)c3c4c(cc(NCCCO)c(c24)C1=O)C(=O)N(CCCN(C)C)C3=O. The fraction of sp³-hybridized carbons (Fsp3) is 0.533. The molecule has 0 bridgehead atoms. The number of rotatable bonds is 16. The lowest BCUT2D eigenvalue weighted by Gasteiger charge is -2.34. The highest BCUT2D eigenvalue weighted by Crippen LogP contribution is 2.44. The molecule has 4 rings (SSSR count). The van der Waals surface area contributed by atoms with Crippen molar-refractivity contribution in [3.05, 3.63) is 34.4 Å². The molecule has 0 aliphatic carbocycles. The summed E-state index contributed by atoms with van der Waals surface area (Å²) in [7, 11) is 7.68. The molecular formula is C30H42N6O6. The molecule has 2 aliphatic heterocycles. The van der Waals surface area contributed by atoms with Crippen molar-refractivity contribution in [2.75, 3.05) is 91.3 Å². The van der Waals surface area contributed by atoms with Crippen LogP contribution in [0, 0.1) is 0 Å². The highest BCUT2D eigenvalue weighted by Gasteiger charge is 2.42. The molecular weight excluding hydrogens is 540 g/mol. The second kappa shape index (κ2) is 13.6. The summed E-state index contributed by atoms with van der Waals surface area (Å²) in [4.78, 5) is 62.1. The number of imide groups is 2. The van der Waals surface area contributed by atoms with Crippen molar-refractivity contribution in [1.29, 1.82) is 0 Å². The van der Waals surface area contributed by atoms with Gasteiger partial charge in [0.05, 0.1) is 22.3 Å². The molecule has 4 amide bonds. The van der Waals surface area contributed by atoms with Crippen LogP contribution in [0.5, 0.6) is 0 Å². The van der Waals surface area contributed by atoms with E-state index in [2.05, 4.69) is 10.6 Å². The Kier molecular flexibility index (Phi) is 10.2. The highest BCUT2D eigenvalue weighted by molar-refractivity contribution is 6.36. The third kappa shape index (κ3) is 6.12. The van der Waals surface area contributed by atoms with E-state index in [1.807, 2.05) is 38.0 Å². The van der Waals surface area contributed by atoms with Crippen LogP contribution in [0.3, 0.4) is 0 Å². The number of aliphatic hydroxyl groups excluding tert-OH is 2. The van der Waals surface area contributed by atoms with Gasteiger partial charge in [0, 0.05) is 61.5 Å². The van der Waals surface area contributed by atoms with E-state index in [0.717, 1.165) is 0 Å². The molecule has 0 saturated heterocycles. The molecule has 2 aliphatic rings. The Labute approximate surface area is 246 Å². The quantitative estimate of drug-likeness (QED) is 0.170. The molecule has 0 aromatic heterocycles. The number of anilines is 2. The first-order valence-electron chi connectivity index (χ1n) is 14.5. The third-order valence-corrected chi connectivity index (χ3v) is 7.55. The Hall–Kier alpha value is -3.58. The van der Waals surface area contributed by atoms with E-state index in [9.17, 15) is 29.4 Å². The number of hydrogen-bond acceptors (Lipinski definition) is 10. The van der Waals surface area contributed by atoms with Gasteiger partial charge in [0.15, 0.2) is 0 Å². The van der Waals surface area contributed by atoms with E-state index in [-0.39, 0.29) is 48.6 Å². The Morgan fingerprint density at radius 1 is 0.619 bits per heavy atom. The fourth-order valence-electron chi connectivity index (χ4n) is 5.54. The van der Waals surface area contributed by atoms with Gasteiger partial charge in [-0.05, 0) is 79.1 Å². The first-order valence-corrected chi connectivity index (χ1v) is 14.5. The van der Waals surface area contributed by atoms with Crippen LogP contribution in [0.1, 0.15) is 67.1 Å². The van der Waals surface area contributed by atoms with Gasteiger partial charge >= 0.3 is 0 Å². The number of amides is 4. The Bertz CT molecular complexity index is 1270. The molecule has 228 valence electrons. The fourth-order valence-corrected chi connectivity index (χ4v) is 5.54. The zero-order valence-corrected chi connectivity index (χ0v) is 25.0. The van der Waals surface area contributed by atoms with Crippen molar-refractivity contribution < 1.29 is 29.4 Å². The number of aliphatic hydroxyl groups is 2. The van der Waals surface area contributed by atoms with Crippen molar-refractivity contribution in [1.82, 2.24) is 19.6 Å². The van der Waals surface area contributed by atoms with E-state index in [0.29, 0.717) is 74.0 Å². The predicted molar refractivity (Wildman–Crippen MR) is 161 cm³/mol. The van der Waals surface area contributed by atoms with Crippen molar-refractivity contribution in [2.45, 2.75) is 25.7 Å². The highest BCUT2D eigenvalue weighted by atomic mass is 16.3. The van der Waals surface area contributed by atoms with Gasteiger partial charge in [-0.2, -0.15) is 0 Å². The third-order valence-electron chi connectivity index (χ3n) is 7.55. The molecule has 12 heteroatoms. The molecule has 2 aromatic rings. The minimum atomic E-state index is -0.482. The summed E-state index contributed by atoms with van der Waals surface area (Å²) in [6.07, 6.45) is 1.99. The summed E-state index contributed by atoms with van der Waals surface area (Å²) in [5, 5.41) is 25.8. The number of nitrogens with one attached hydrogen (secondary N) is 2. The molecule has 0 fully saturated rings. The van der Waals surface area contributed by atoms with Gasteiger partial charge in [0.2, 0.25) is 0 Å². The zero-order valence-electron chi connectivity index (χ0n) is 25.0. The van der Waals surface area contributed by atoms with Gasteiger partial charge in [-0.1, -0.05) is 0 Å². The van der Waals surface area contributed by atoms with Gasteiger partial charge in [-0.15, -0.1) is 0 Å². The molecule has 0 saturated carbocycles. The molecule has 0 atom stereocenters. The molecule has 0 unspecified atom stereocenters. The van der Waals surface area contributed by atoms with E-state index < -0.39 is 23.6 Å². The Morgan fingerprint density at radius 3 is 1.33 bits per heavy atom. The van der Waals surface area contributed by atoms with Crippen molar-refractivity contribution >= 4 is 45.8 Å². The maximum Gasteiger partial charge on any atom is 0.263 e. The van der Waals surface area contributed by atoms with Crippen LogP contribution in [-0.2, 0) is 0 Å². The lowest BCUT2D eigenvalue weighted by Crippen LogP contribution is -2.45. The van der Waals surface area contributed by atoms with Crippen LogP contribution in [-0.4, -0.2) is 134 Å². The number of hydrogen-bond donors (Lipinski definition) is 4. The van der Waals surface area contributed by atoms with E-state index >= 15 is 0 Å². The Morgan fingerprint density at radius 2 is 1.00 bits per heavy atom. The number of benzene rings is 2. The summed E-state index contributed by atoms with van der Waals surface area (Å²) in [6.45, 7) is 2.35. The smallest absolute Gasteiger partial charge is 0.263 e. The average Bonchev–Trinajstić information content (AvgIpc) is 2.94. The maximum atomic E-state index is 14.0.